The van der Waals surface area contributed by atoms with Crippen molar-refractivity contribution in [2.75, 3.05) is 11.1 Å². The number of rotatable bonds is 4. The molecule has 0 aliphatic heterocycles. The fourth-order valence-electron chi connectivity index (χ4n) is 1.37. The lowest BCUT2D eigenvalue weighted by molar-refractivity contribution is -0.116. The number of nitrogens with one attached hydrogen (secondary N) is 1. The Morgan fingerprint density at radius 1 is 1.41 bits per heavy atom. The standard InChI is InChI=1S/C10H11N5OS/c11-8-4-2-1-3-7(8)5-6-9(16)12-10-13-14-15-17-10/h1-4H,5-6,11H2,(H,12,13,15,16). The van der Waals surface area contributed by atoms with Crippen LogP contribution in [0.1, 0.15) is 12.0 Å². The van der Waals surface area contributed by atoms with E-state index in [1.54, 1.807) is 0 Å². The van der Waals surface area contributed by atoms with Gasteiger partial charge in [0.2, 0.25) is 11.0 Å². The van der Waals surface area contributed by atoms with Crippen LogP contribution in [-0.2, 0) is 11.2 Å². The zero-order valence-corrected chi connectivity index (χ0v) is 9.78. The third-order valence-electron chi connectivity index (χ3n) is 2.22. The van der Waals surface area contributed by atoms with Crippen LogP contribution in [0.5, 0.6) is 0 Å². The van der Waals surface area contributed by atoms with Crippen molar-refractivity contribution in [3.8, 4) is 0 Å². The molecule has 0 bridgehead atoms. The van der Waals surface area contributed by atoms with Crippen LogP contribution < -0.4 is 11.1 Å². The van der Waals surface area contributed by atoms with Crippen molar-refractivity contribution < 1.29 is 4.79 Å². The lowest BCUT2D eigenvalue weighted by Gasteiger charge is -2.04. The summed E-state index contributed by atoms with van der Waals surface area (Å²) < 4.78 is 3.55. The number of amides is 1. The van der Waals surface area contributed by atoms with Crippen molar-refractivity contribution in [1.82, 2.24) is 14.8 Å². The summed E-state index contributed by atoms with van der Waals surface area (Å²) in [7, 11) is 0. The maximum absolute atomic E-state index is 11.6. The predicted octanol–water partition coefficient (Wildman–Crippen LogP) is 1.09. The number of aromatic nitrogens is 3. The van der Waals surface area contributed by atoms with Crippen LogP contribution in [0, 0.1) is 0 Å². The van der Waals surface area contributed by atoms with Gasteiger partial charge in [0, 0.05) is 23.6 Å². The van der Waals surface area contributed by atoms with E-state index in [1.165, 1.54) is 0 Å². The molecule has 0 saturated carbocycles. The largest absolute Gasteiger partial charge is 0.399 e. The van der Waals surface area contributed by atoms with Crippen molar-refractivity contribution in [2.24, 2.45) is 0 Å². The van der Waals surface area contributed by atoms with E-state index < -0.39 is 0 Å². The van der Waals surface area contributed by atoms with Gasteiger partial charge in [0.05, 0.1) is 0 Å². The molecule has 1 aromatic carbocycles. The lowest BCUT2D eigenvalue weighted by atomic mass is 10.1. The minimum absolute atomic E-state index is 0.119. The van der Waals surface area contributed by atoms with Crippen molar-refractivity contribution in [3.05, 3.63) is 29.8 Å². The molecule has 3 N–H and O–H groups in total. The number of carbonyl (C=O) groups is 1. The second-order valence-corrected chi connectivity index (χ2v) is 4.15. The summed E-state index contributed by atoms with van der Waals surface area (Å²) in [6, 6.07) is 7.50. The van der Waals surface area contributed by atoms with Crippen LogP contribution in [0.15, 0.2) is 24.3 Å². The van der Waals surface area contributed by atoms with E-state index in [0.717, 1.165) is 17.1 Å². The average Bonchev–Trinajstić information content (AvgIpc) is 2.81. The summed E-state index contributed by atoms with van der Waals surface area (Å²) in [6.45, 7) is 0. The molecule has 0 saturated heterocycles. The topological polar surface area (TPSA) is 93.8 Å². The van der Waals surface area contributed by atoms with Crippen LogP contribution in [0.3, 0.4) is 0 Å². The molecule has 7 heteroatoms. The van der Waals surface area contributed by atoms with Gasteiger partial charge in [0.15, 0.2) is 0 Å². The number of aryl methyl sites for hydroxylation is 1. The molecule has 0 atom stereocenters. The number of carbonyl (C=O) groups excluding carboxylic acids is 1. The third-order valence-corrected chi connectivity index (χ3v) is 2.73. The Bertz CT molecular complexity index is 499. The maximum atomic E-state index is 11.6. The van der Waals surface area contributed by atoms with Gasteiger partial charge in [0.1, 0.15) is 0 Å². The smallest absolute Gasteiger partial charge is 0.231 e. The first-order valence-corrected chi connectivity index (χ1v) is 5.81. The van der Waals surface area contributed by atoms with Gasteiger partial charge >= 0.3 is 0 Å². The van der Waals surface area contributed by atoms with Crippen molar-refractivity contribution in [2.45, 2.75) is 12.8 Å². The molecular formula is C10H11N5OS. The molecule has 2 aromatic rings. The molecular weight excluding hydrogens is 238 g/mol. The van der Waals surface area contributed by atoms with Gasteiger partial charge in [-0.15, -0.1) is 0 Å². The van der Waals surface area contributed by atoms with Crippen LogP contribution >= 0.6 is 11.5 Å². The number of nitrogens with two attached hydrogens (primary N) is 1. The van der Waals surface area contributed by atoms with E-state index in [2.05, 4.69) is 20.1 Å². The summed E-state index contributed by atoms with van der Waals surface area (Å²) in [6.07, 6.45) is 0.957. The lowest BCUT2D eigenvalue weighted by Crippen LogP contribution is -2.12. The molecule has 0 radical (unpaired) electrons. The van der Waals surface area contributed by atoms with Gasteiger partial charge in [0.25, 0.3) is 0 Å². The van der Waals surface area contributed by atoms with Crippen LogP contribution in [0.4, 0.5) is 10.8 Å². The fraction of sp³-hybridized carbons (Fsp3) is 0.200. The third kappa shape index (κ3) is 3.22. The molecule has 0 unspecified atom stereocenters. The molecule has 1 heterocycles. The van der Waals surface area contributed by atoms with Gasteiger partial charge in [-0.05, 0) is 23.3 Å². The van der Waals surface area contributed by atoms with E-state index in [1.807, 2.05) is 24.3 Å². The van der Waals surface area contributed by atoms with Gasteiger partial charge < -0.3 is 5.73 Å². The summed E-state index contributed by atoms with van der Waals surface area (Å²) in [5.74, 6) is -0.119. The molecule has 6 nitrogen and oxygen atoms in total. The number of para-hydroxylation sites is 1. The molecule has 88 valence electrons. The van der Waals surface area contributed by atoms with Crippen LogP contribution in [-0.4, -0.2) is 20.7 Å². The summed E-state index contributed by atoms with van der Waals surface area (Å²) >= 11 is 1.05. The number of hydrogen-bond donors (Lipinski definition) is 2. The Morgan fingerprint density at radius 2 is 2.24 bits per heavy atom. The normalized spacial score (nSPS) is 10.1. The van der Waals surface area contributed by atoms with Gasteiger partial charge in [-0.25, -0.2) is 0 Å². The van der Waals surface area contributed by atoms with Crippen molar-refractivity contribution in [1.29, 1.82) is 0 Å². The SMILES string of the molecule is Nc1ccccc1CCC(=O)Nc1nnns1. The van der Waals surface area contributed by atoms with Crippen LogP contribution in [0.25, 0.3) is 0 Å². The monoisotopic (exact) mass is 249 g/mol. The Hall–Kier alpha value is -2.02. The highest BCUT2D eigenvalue weighted by Gasteiger charge is 2.06. The van der Waals surface area contributed by atoms with E-state index in [9.17, 15) is 4.79 Å². The first kappa shape index (κ1) is 11.5. The maximum Gasteiger partial charge on any atom is 0.231 e. The van der Waals surface area contributed by atoms with E-state index in [4.69, 9.17) is 5.73 Å². The quantitative estimate of drug-likeness (QED) is 0.791. The van der Waals surface area contributed by atoms with E-state index in [0.29, 0.717) is 23.7 Å². The number of nitrogens with zero attached hydrogens (tertiary/aromatic N) is 3. The second-order valence-electron chi connectivity index (χ2n) is 3.41. The molecule has 2 rings (SSSR count). The second kappa shape index (κ2) is 5.35. The number of nitrogen functional groups attached to an aromatic ring is 1. The highest BCUT2D eigenvalue weighted by molar-refractivity contribution is 7.09. The molecule has 1 aromatic heterocycles. The zero-order chi connectivity index (χ0) is 12.1. The number of hydrogen-bond acceptors (Lipinski definition) is 6. The van der Waals surface area contributed by atoms with Gasteiger partial charge in [-0.2, -0.15) is 0 Å². The first-order chi connectivity index (χ1) is 8.25. The summed E-state index contributed by atoms with van der Waals surface area (Å²) in [5, 5.41) is 10.0. The number of benzene rings is 1. The Morgan fingerprint density at radius 3 is 2.94 bits per heavy atom. The zero-order valence-electron chi connectivity index (χ0n) is 8.96. The molecule has 0 spiro atoms. The number of anilines is 2. The Labute approximate surface area is 102 Å². The van der Waals surface area contributed by atoms with Gasteiger partial charge in [-0.3, -0.25) is 10.1 Å². The summed E-state index contributed by atoms with van der Waals surface area (Å²) in [4.78, 5) is 11.6. The highest BCUT2D eigenvalue weighted by Crippen LogP contribution is 2.13. The first-order valence-electron chi connectivity index (χ1n) is 5.04. The van der Waals surface area contributed by atoms with Gasteiger partial charge in [-0.1, -0.05) is 27.8 Å². The molecule has 1 amide bonds. The molecule has 0 aliphatic carbocycles. The fourth-order valence-corrected chi connectivity index (χ4v) is 1.76. The summed E-state index contributed by atoms with van der Waals surface area (Å²) in [5.41, 5.74) is 7.46. The Balaban J connectivity index is 1.86. The molecule has 0 aliphatic rings. The highest BCUT2D eigenvalue weighted by atomic mass is 32.1. The minimum atomic E-state index is -0.119. The predicted molar refractivity (Wildman–Crippen MR) is 65.5 cm³/mol. The van der Waals surface area contributed by atoms with Crippen LogP contribution in [0.2, 0.25) is 0 Å². The van der Waals surface area contributed by atoms with E-state index in [-0.39, 0.29) is 5.91 Å². The Kier molecular flexibility index (Phi) is 3.61. The minimum Gasteiger partial charge on any atom is -0.399 e. The molecule has 17 heavy (non-hydrogen) atoms. The molecule has 0 fully saturated rings. The average molecular weight is 249 g/mol. The van der Waals surface area contributed by atoms with Crippen molar-refractivity contribution in [3.63, 3.8) is 0 Å². The van der Waals surface area contributed by atoms with Crippen molar-refractivity contribution >= 4 is 28.3 Å². The van der Waals surface area contributed by atoms with E-state index >= 15 is 0 Å².